The lowest BCUT2D eigenvalue weighted by Gasteiger charge is -2.11. The fourth-order valence-electron chi connectivity index (χ4n) is 2.54. The van der Waals surface area contributed by atoms with Crippen LogP contribution in [0.2, 0.25) is 0 Å². The van der Waals surface area contributed by atoms with E-state index in [0.29, 0.717) is 5.39 Å². The average molecular weight is 310 g/mol. The lowest BCUT2D eigenvalue weighted by atomic mass is 10.1. The number of hydrogen-bond donors (Lipinski definition) is 0. The predicted octanol–water partition coefficient (Wildman–Crippen LogP) is 3.88. The van der Waals surface area contributed by atoms with Crippen molar-refractivity contribution >= 4 is 26.4 Å². The SMILES string of the molecule is CC(=O)c1ccccc1S(=O)(=O)c1cccc2ccccc12. The number of ketones is 1. The van der Waals surface area contributed by atoms with Crippen LogP contribution in [0.25, 0.3) is 10.8 Å². The monoisotopic (exact) mass is 310 g/mol. The molecule has 3 aromatic carbocycles. The van der Waals surface area contributed by atoms with Gasteiger partial charge in [0.15, 0.2) is 5.78 Å². The molecule has 110 valence electrons. The van der Waals surface area contributed by atoms with Crippen molar-refractivity contribution in [3.8, 4) is 0 Å². The minimum atomic E-state index is -3.76. The Hall–Kier alpha value is -2.46. The van der Waals surface area contributed by atoms with Gasteiger partial charge in [-0.05, 0) is 24.4 Å². The van der Waals surface area contributed by atoms with Gasteiger partial charge in [-0.3, -0.25) is 4.79 Å². The minimum Gasteiger partial charge on any atom is -0.294 e. The quantitative estimate of drug-likeness (QED) is 0.690. The Balaban J connectivity index is 2.33. The number of benzene rings is 3. The second kappa shape index (κ2) is 5.39. The maximum Gasteiger partial charge on any atom is 0.207 e. The largest absolute Gasteiger partial charge is 0.294 e. The molecule has 22 heavy (non-hydrogen) atoms. The summed E-state index contributed by atoms with van der Waals surface area (Å²) in [5, 5.41) is 1.51. The Labute approximate surface area is 129 Å². The van der Waals surface area contributed by atoms with Gasteiger partial charge in [-0.25, -0.2) is 8.42 Å². The van der Waals surface area contributed by atoms with Crippen LogP contribution in [-0.2, 0) is 9.84 Å². The van der Waals surface area contributed by atoms with Gasteiger partial charge in [0.2, 0.25) is 9.84 Å². The summed E-state index contributed by atoms with van der Waals surface area (Å²) >= 11 is 0. The van der Waals surface area contributed by atoms with Gasteiger partial charge in [-0.2, -0.15) is 0 Å². The van der Waals surface area contributed by atoms with E-state index in [1.807, 2.05) is 18.2 Å². The van der Waals surface area contributed by atoms with Gasteiger partial charge >= 0.3 is 0 Å². The molecule has 0 saturated heterocycles. The van der Waals surface area contributed by atoms with E-state index in [1.54, 1.807) is 42.5 Å². The zero-order valence-electron chi connectivity index (χ0n) is 12.0. The van der Waals surface area contributed by atoms with Gasteiger partial charge in [0.25, 0.3) is 0 Å². The fraction of sp³-hybridized carbons (Fsp3) is 0.0556. The molecule has 3 nitrogen and oxygen atoms in total. The molecule has 0 N–H and O–H groups in total. The molecule has 3 aromatic rings. The third kappa shape index (κ3) is 2.31. The molecule has 3 rings (SSSR count). The van der Waals surface area contributed by atoms with Gasteiger partial charge in [0, 0.05) is 10.9 Å². The summed E-state index contributed by atoms with van der Waals surface area (Å²) in [7, 11) is -3.76. The van der Waals surface area contributed by atoms with Crippen LogP contribution in [0, 0.1) is 0 Å². The molecule has 0 unspecified atom stereocenters. The Morgan fingerprint density at radius 2 is 1.36 bits per heavy atom. The highest BCUT2D eigenvalue weighted by Gasteiger charge is 2.24. The number of sulfone groups is 1. The van der Waals surface area contributed by atoms with Crippen molar-refractivity contribution in [2.75, 3.05) is 0 Å². The molecule has 0 fully saturated rings. The number of fused-ring (bicyclic) bond motifs is 1. The lowest BCUT2D eigenvalue weighted by Crippen LogP contribution is -2.08. The smallest absolute Gasteiger partial charge is 0.207 e. The van der Waals surface area contributed by atoms with Gasteiger partial charge in [0.05, 0.1) is 9.79 Å². The highest BCUT2D eigenvalue weighted by Crippen LogP contribution is 2.30. The molecule has 0 atom stereocenters. The summed E-state index contributed by atoms with van der Waals surface area (Å²) in [6.45, 7) is 1.37. The third-order valence-electron chi connectivity index (χ3n) is 3.60. The van der Waals surface area contributed by atoms with Crippen molar-refractivity contribution in [3.05, 3.63) is 72.3 Å². The summed E-state index contributed by atoms with van der Waals surface area (Å²) in [4.78, 5) is 12.0. The second-order valence-electron chi connectivity index (χ2n) is 5.03. The fourth-order valence-corrected chi connectivity index (χ4v) is 4.27. The molecular weight excluding hydrogens is 296 g/mol. The molecule has 0 bridgehead atoms. The van der Waals surface area contributed by atoms with Crippen LogP contribution in [0.1, 0.15) is 17.3 Å². The number of rotatable bonds is 3. The van der Waals surface area contributed by atoms with E-state index in [0.717, 1.165) is 5.39 Å². The molecular formula is C18H14O3S. The molecule has 0 saturated carbocycles. The molecule has 0 aliphatic rings. The first-order valence-corrected chi connectivity index (χ1v) is 8.33. The lowest BCUT2D eigenvalue weighted by molar-refractivity contribution is 0.101. The molecule has 0 aliphatic heterocycles. The minimum absolute atomic E-state index is 0.0545. The maximum absolute atomic E-state index is 13.0. The zero-order chi connectivity index (χ0) is 15.7. The van der Waals surface area contributed by atoms with E-state index >= 15 is 0 Å². The van der Waals surface area contributed by atoms with Gasteiger partial charge in [-0.1, -0.05) is 54.6 Å². The molecule has 0 radical (unpaired) electrons. The first-order chi connectivity index (χ1) is 10.5. The van der Waals surface area contributed by atoms with Gasteiger partial charge in [-0.15, -0.1) is 0 Å². The van der Waals surface area contributed by atoms with Crippen molar-refractivity contribution in [2.24, 2.45) is 0 Å². The van der Waals surface area contributed by atoms with Crippen LogP contribution in [0.4, 0.5) is 0 Å². The Morgan fingerprint density at radius 1 is 0.773 bits per heavy atom. The highest BCUT2D eigenvalue weighted by atomic mass is 32.2. The van der Waals surface area contributed by atoms with Crippen LogP contribution in [0.5, 0.6) is 0 Å². The predicted molar refractivity (Wildman–Crippen MR) is 85.8 cm³/mol. The van der Waals surface area contributed by atoms with E-state index in [1.165, 1.54) is 13.0 Å². The normalized spacial score (nSPS) is 11.5. The molecule has 0 aromatic heterocycles. The van der Waals surface area contributed by atoms with E-state index in [2.05, 4.69) is 0 Å². The van der Waals surface area contributed by atoms with Gasteiger partial charge in [0.1, 0.15) is 0 Å². The van der Waals surface area contributed by atoms with Crippen molar-refractivity contribution in [2.45, 2.75) is 16.7 Å². The summed E-state index contributed by atoms with van der Waals surface area (Å²) in [6.07, 6.45) is 0. The van der Waals surface area contributed by atoms with E-state index in [4.69, 9.17) is 0 Å². The van der Waals surface area contributed by atoms with Crippen LogP contribution >= 0.6 is 0 Å². The number of hydrogen-bond acceptors (Lipinski definition) is 3. The van der Waals surface area contributed by atoms with Crippen LogP contribution in [0.3, 0.4) is 0 Å². The summed E-state index contributed by atoms with van der Waals surface area (Å²) in [5.41, 5.74) is 0.218. The molecule has 4 heteroatoms. The second-order valence-corrected chi connectivity index (χ2v) is 6.92. The van der Waals surface area contributed by atoms with Crippen molar-refractivity contribution < 1.29 is 13.2 Å². The van der Waals surface area contributed by atoms with Crippen LogP contribution < -0.4 is 0 Å². The van der Waals surface area contributed by atoms with Gasteiger partial charge < -0.3 is 0 Å². The Bertz CT molecular complexity index is 967. The number of Topliss-reactive ketones (excluding diaryl/α,β-unsaturated/α-hetero) is 1. The molecule has 0 spiro atoms. The summed E-state index contributed by atoms with van der Waals surface area (Å²) in [6, 6.07) is 18.8. The Kier molecular flexibility index (Phi) is 3.54. The van der Waals surface area contributed by atoms with E-state index < -0.39 is 9.84 Å². The average Bonchev–Trinajstić information content (AvgIpc) is 2.54. The van der Waals surface area contributed by atoms with Crippen LogP contribution in [0.15, 0.2) is 76.5 Å². The first kappa shape index (κ1) is 14.5. The van der Waals surface area contributed by atoms with Crippen LogP contribution in [-0.4, -0.2) is 14.2 Å². The zero-order valence-corrected chi connectivity index (χ0v) is 12.8. The Morgan fingerprint density at radius 3 is 2.14 bits per heavy atom. The third-order valence-corrected chi connectivity index (χ3v) is 5.47. The molecule has 0 aliphatic carbocycles. The van der Waals surface area contributed by atoms with Crippen molar-refractivity contribution in [3.63, 3.8) is 0 Å². The van der Waals surface area contributed by atoms with E-state index in [9.17, 15) is 13.2 Å². The van der Waals surface area contributed by atoms with E-state index in [-0.39, 0.29) is 21.1 Å². The standard InChI is InChI=1S/C18H14O3S/c1-13(19)15-9-4-5-11-17(15)22(20,21)18-12-6-8-14-7-2-3-10-16(14)18/h2-12H,1H3. The number of carbonyl (C=O) groups excluding carboxylic acids is 1. The topological polar surface area (TPSA) is 51.2 Å². The molecule has 0 heterocycles. The maximum atomic E-state index is 13.0. The molecule has 0 amide bonds. The first-order valence-electron chi connectivity index (χ1n) is 6.84. The number of carbonyl (C=O) groups is 1. The van der Waals surface area contributed by atoms with Crippen molar-refractivity contribution in [1.29, 1.82) is 0 Å². The summed E-state index contributed by atoms with van der Waals surface area (Å²) in [5.74, 6) is -0.264. The highest BCUT2D eigenvalue weighted by molar-refractivity contribution is 7.91. The van der Waals surface area contributed by atoms with Crippen molar-refractivity contribution in [1.82, 2.24) is 0 Å². The summed E-state index contributed by atoms with van der Waals surface area (Å²) < 4.78 is 26.0.